The lowest BCUT2D eigenvalue weighted by Crippen LogP contribution is -2.37. The molecule has 1 aliphatic heterocycles. The van der Waals surface area contributed by atoms with Gasteiger partial charge in [0.25, 0.3) is 0 Å². The van der Waals surface area contributed by atoms with Crippen LogP contribution in [0.3, 0.4) is 0 Å². The van der Waals surface area contributed by atoms with Gasteiger partial charge in [-0.05, 0) is 0 Å². The summed E-state index contributed by atoms with van der Waals surface area (Å²) in [5.74, 6) is 0.769. The van der Waals surface area contributed by atoms with Gasteiger partial charge in [-0.1, -0.05) is 6.58 Å². The summed E-state index contributed by atoms with van der Waals surface area (Å²) >= 11 is 0. The smallest absolute Gasteiger partial charge is 0.219 e. The van der Waals surface area contributed by atoms with Crippen molar-refractivity contribution in [2.24, 2.45) is 0 Å². The number of hydrogen-bond donors (Lipinski definition) is 0. The molecule has 0 atom stereocenters. The number of morpholine rings is 1. The van der Waals surface area contributed by atoms with Gasteiger partial charge in [0.2, 0.25) is 5.91 Å². The van der Waals surface area contributed by atoms with Gasteiger partial charge >= 0.3 is 0 Å². The predicted molar refractivity (Wildman–Crippen MR) is 37.3 cm³/mol. The lowest BCUT2D eigenvalue weighted by Gasteiger charge is -2.27. The van der Waals surface area contributed by atoms with Crippen LogP contribution in [0.1, 0.15) is 6.92 Å². The minimum Gasteiger partial charge on any atom is -0.495 e. The van der Waals surface area contributed by atoms with Gasteiger partial charge in [-0.25, -0.2) is 0 Å². The molecule has 3 nitrogen and oxygen atoms in total. The van der Waals surface area contributed by atoms with Crippen LogP contribution >= 0.6 is 0 Å². The van der Waals surface area contributed by atoms with Crippen molar-refractivity contribution in [2.75, 3.05) is 19.7 Å². The van der Waals surface area contributed by atoms with Crippen molar-refractivity contribution in [2.45, 2.75) is 6.92 Å². The third-order valence-electron chi connectivity index (χ3n) is 1.48. The Morgan fingerprint density at radius 1 is 1.80 bits per heavy atom. The van der Waals surface area contributed by atoms with Crippen LogP contribution in [0, 0.1) is 0 Å². The average Bonchev–Trinajstić information content (AvgIpc) is 1.88. The van der Waals surface area contributed by atoms with Crippen molar-refractivity contribution in [3.8, 4) is 0 Å². The van der Waals surface area contributed by atoms with Crippen LogP contribution in [0.25, 0.3) is 0 Å². The summed E-state index contributed by atoms with van der Waals surface area (Å²) in [6.07, 6.45) is 0. The summed E-state index contributed by atoms with van der Waals surface area (Å²) in [5.41, 5.74) is 0. The van der Waals surface area contributed by atoms with Crippen LogP contribution in [0.4, 0.5) is 0 Å². The Morgan fingerprint density at radius 3 is 2.90 bits per heavy atom. The Hall–Kier alpha value is -0.990. The molecule has 0 aromatic rings. The fourth-order valence-electron chi connectivity index (χ4n) is 0.907. The van der Waals surface area contributed by atoms with E-state index in [0.29, 0.717) is 25.5 Å². The van der Waals surface area contributed by atoms with Gasteiger partial charge in [0.1, 0.15) is 12.4 Å². The first kappa shape index (κ1) is 7.12. The van der Waals surface area contributed by atoms with Crippen molar-refractivity contribution in [1.29, 1.82) is 0 Å². The highest BCUT2D eigenvalue weighted by atomic mass is 16.5. The average molecular weight is 141 g/mol. The third-order valence-corrected chi connectivity index (χ3v) is 1.48. The molecule has 0 bridgehead atoms. The molecule has 56 valence electrons. The SMILES string of the molecule is C=C1CN(C(C)=O)CCO1. The molecule has 1 amide bonds. The fraction of sp³-hybridized carbons (Fsp3) is 0.571. The van der Waals surface area contributed by atoms with Crippen LogP contribution in [0.2, 0.25) is 0 Å². The van der Waals surface area contributed by atoms with Crippen LogP contribution in [-0.4, -0.2) is 30.5 Å². The van der Waals surface area contributed by atoms with E-state index in [-0.39, 0.29) is 5.91 Å². The predicted octanol–water partition coefficient (Wildman–Crippen LogP) is 0.379. The van der Waals surface area contributed by atoms with Crippen molar-refractivity contribution in [3.05, 3.63) is 12.3 Å². The zero-order valence-electron chi connectivity index (χ0n) is 6.09. The third kappa shape index (κ3) is 1.50. The molecule has 0 radical (unpaired) electrons. The lowest BCUT2D eigenvalue weighted by atomic mass is 10.4. The molecule has 1 rings (SSSR count). The Bertz CT molecular complexity index is 163. The molecule has 0 aromatic carbocycles. The standard InChI is InChI=1S/C7H11NO2/c1-6-5-8(7(2)9)3-4-10-6/h1,3-5H2,2H3. The van der Waals surface area contributed by atoms with Crippen LogP contribution < -0.4 is 0 Å². The van der Waals surface area contributed by atoms with Crippen molar-refractivity contribution in [3.63, 3.8) is 0 Å². The zero-order valence-corrected chi connectivity index (χ0v) is 6.09. The van der Waals surface area contributed by atoms with Gasteiger partial charge in [0.15, 0.2) is 0 Å². The molecule has 1 fully saturated rings. The monoisotopic (exact) mass is 141 g/mol. The highest BCUT2D eigenvalue weighted by Crippen LogP contribution is 2.05. The number of ether oxygens (including phenoxy) is 1. The van der Waals surface area contributed by atoms with E-state index in [0.717, 1.165) is 0 Å². The first-order chi connectivity index (χ1) is 4.70. The summed E-state index contributed by atoms with van der Waals surface area (Å²) in [6.45, 7) is 7.01. The largest absolute Gasteiger partial charge is 0.495 e. The first-order valence-corrected chi connectivity index (χ1v) is 3.26. The van der Waals surface area contributed by atoms with Gasteiger partial charge in [-0.3, -0.25) is 4.79 Å². The maximum atomic E-state index is 10.8. The second kappa shape index (κ2) is 2.73. The fourth-order valence-corrected chi connectivity index (χ4v) is 0.907. The molecule has 0 aromatic heterocycles. The van der Waals surface area contributed by atoms with E-state index in [2.05, 4.69) is 6.58 Å². The van der Waals surface area contributed by atoms with Gasteiger partial charge in [0, 0.05) is 6.92 Å². The lowest BCUT2D eigenvalue weighted by molar-refractivity contribution is -0.130. The Balaban J connectivity index is 2.47. The molecule has 0 aliphatic carbocycles. The second-order valence-electron chi connectivity index (χ2n) is 2.33. The quantitative estimate of drug-likeness (QED) is 0.488. The van der Waals surface area contributed by atoms with Gasteiger partial charge in [-0.15, -0.1) is 0 Å². The molecular weight excluding hydrogens is 130 g/mol. The first-order valence-electron chi connectivity index (χ1n) is 3.26. The summed E-state index contributed by atoms with van der Waals surface area (Å²) < 4.78 is 5.07. The normalized spacial score (nSPS) is 18.5. The van der Waals surface area contributed by atoms with Gasteiger partial charge in [0.05, 0.1) is 13.1 Å². The van der Waals surface area contributed by atoms with Gasteiger partial charge in [-0.2, -0.15) is 0 Å². The Labute approximate surface area is 60.3 Å². The molecule has 1 saturated heterocycles. The highest BCUT2D eigenvalue weighted by Gasteiger charge is 2.14. The maximum Gasteiger partial charge on any atom is 0.219 e. The molecule has 0 unspecified atom stereocenters. The van der Waals surface area contributed by atoms with E-state index >= 15 is 0 Å². The molecule has 1 heterocycles. The van der Waals surface area contributed by atoms with E-state index in [1.807, 2.05) is 0 Å². The number of nitrogens with zero attached hydrogens (tertiary/aromatic N) is 1. The van der Waals surface area contributed by atoms with Crippen LogP contribution in [0.5, 0.6) is 0 Å². The summed E-state index contributed by atoms with van der Waals surface area (Å²) in [7, 11) is 0. The number of rotatable bonds is 0. The molecule has 10 heavy (non-hydrogen) atoms. The van der Waals surface area contributed by atoms with Crippen molar-refractivity contribution >= 4 is 5.91 Å². The number of hydrogen-bond acceptors (Lipinski definition) is 2. The number of amides is 1. The summed E-state index contributed by atoms with van der Waals surface area (Å²) in [4.78, 5) is 12.5. The zero-order chi connectivity index (χ0) is 7.56. The molecular formula is C7H11NO2. The molecule has 3 heteroatoms. The Morgan fingerprint density at radius 2 is 2.50 bits per heavy atom. The topological polar surface area (TPSA) is 29.5 Å². The van der Waals surface area contributed by atoms with E-state index in [4.69, 9.17) is 4.74 Å². The van der Waals surface area contributed by atoms with Gasteiger partial charge < -0.3 is 9.64 Å². The summed E-state index contributed by atoms with van der Waals surface area (Å²) in [6, 6.07) is 0. The van der Waals surface area contributed by atoms with E-state index in [1.165, 1.54) is 0 Å². The number of carbonyl (C=O) groups excluding carboxylic acids is 1. The second-order valence-corrected chi connectivity index (χ2v) is 2.33. The van der Waals surface area contributed by atoms with Crippen LogP contribution in [0.15, 0.2) is 12.3 Å². The maximum absolute atomic E-state index is 10.8. The highest BCUT2D eigenvalue weighted by molar-refractivity contribution is 5.73. The van der Waals surface area contributed by atoms with Crippen molar-refractivity contribution in [1.82, 2.24) is 4.90 Å². The van der Waals surface area contributed by atoms with E-state index in [9.17, 15) is 4.79 Å². The number of carbonyl (C=O) groups is 1. The van der Waals surface area contributed by atoms with Crippen molar-refractivity contribution < 1.29 is 9.53 Å². The molecule has 0 saturated carbocycles. The Kier molecular flexibility index (Phi) is 1.94. The molecule has 0 spiro atoms. The minimum atomic E-state index is 0.0875. The molecule has 0 N–H and O–H groups in total. The summed E-state index contributed by atoms with van der Waals surface area (Å²) in [5, 5.41) is 0. The molecule has 1 aliphatic rings. The minimum absolute atomic E-state index is 0.0875. The van der Waals surface area contributed by atoms with Crippen LogP contribution in [-0.2, 0) is 9.53 Å². The van der Waals surface area contributed by atoms with E-state index < -0.39 is 0 Å². The van der Waals surface area contributed by atoms with E-state index in [1.54, 1.807) is 11.8 Å².